The van der Waals surface area contributed by atoms with Crippen molar-refractivity contribution < 1.29 is 4.74 Å². The second-order valence-corrected chi connectivity index (χ2v) is 4.85. The third-order valence-corrected chi connectivity index (χ3v) is 3.63. The molecule has 0 fully saturated rings. The summed E-state index contributed by atoms with van der Waals surface area (Å²) in [6.45, 7) is 5.31. The van der Waals surface area contributed by atoms with Crippen molar-refractivity contribution in [3.63, 3.8) is 0 Å². The number of nitrogens with one attached hydrogen (secondary N) is 1. The molecule has 3 heteroatoms. The Kier molecular flexibility index (Phi) is 3.62. The first kappa shape index (κ1) is 13.0. The van der Waals surface area contributed by atoms with Crippen molar-refractivity contribution in [2.24, 2.45) is 7.05 Å². The standard InChI is InChI=1S/C15H22N2O/c1-10-8-12-11(2)13(6-7-16-3)17(4)15(12)14(9-10)18-5/h8-9,16H,6-7H2,1-5H3. The second-order valence-electron chi connectivity index (χ2n) is 4.85. The number of fused-ring (bicyclic) bond motifs is 1. The first-order valence-electron chi connectivity index (χ1n) is 6.37. The van der Waals surface area contributed by atoms with Crippen LogP contribution in [-0.4, -0.2) is 25.3 Å². The van der Waals surface area contributed by atoms with Crippen LogP contribution in [0.5, 0.6) is 5.75 Å². The molecule has 1 heterocycles. The highest BCUT2D eigenvalue weighted by Crippen LogP contribution is 2.33. The van der Waals surface area contributed by atoms with Gasteiger partial charge in [0.15, 0.2) is 0 Å². The van der Waals surface area contributed by atoms with E-state index in [9.17, 15) is 0 Å². The lowest BCUT2D eigenvalue weighted by Gasteiger charge is -2.08. The van der Waals surface area contributed by atoms with E-state index >= 15 is 0 Å². The summed E-state index contributed by atoms with van der Waals surface area (Å²) in [4.78, 5) is 0. The Morgan fingerprint density at radius 1 is 1.28 bits per heavy atom. The highest BCUT2D eigenvalue weighted by atomic mass is 16.5. The SMILES string of the molecule is CNCCc1c(C)c2cc(C)cc(OC)c2n1C. The molecule has 0 aliphatic heterocycles. The Morgan fingerprint density at radius 3 is 2.61 bits per heavy atom. The minimum absolute atomic E-state index is 0.964. The molecule has 0 aliphatic rings. The summed E-state index contributed by atoms with van der Waals surface area (Å²) in [5, 5.41) is 4.52. The zero-order valence-electron chi connectivity index (χ0n) is 11.9. The van der Waals surface area contributed by atoms with Crippen molar-refractivity contribution in [3.05, 3.63) is 29.0 Å². The van der Waals surface area contributed by atoms with Crippen molar-refractivity contribution in [1.29, 1.82) is 0 Å². The molecule has 0 amide bonds. The van der Waals surface area contributed by atoms with Gasteiger partial charge in [-0.05, 0) is 44.2 Å². The number of aryl methyl sites for hydroxylation is 3. The van der Waals surface area contributed by atoms with E-state index in [4.69, 9.17) is 4.74 Å². The van der Waals surface area contributed by atoms with Crippen LogP contribution in [-0.2, 0) is 13.5 Å². The number of rotatable bonds is 4. The van der Waals surface area contributed by atoms with Crippen LogP contribution in [0.15, 0.2) is 12.1 Å². The van der Waals surface area contributed by atoms with Crippen molar-refractivity contribution >= 4 is 10.9 Å². The van der Waals surface area contributed by atoms with Gasteiger partial charge >= 0.3 is 0 Å². The molecule has 0 atom stereocenters. The summed E-state index contributed by atoms with van der Waals surface area (Å²) in [7, 11) is 5.85. The molecule has 18 heavy (non-hydrogen) atoms. The quantitative estimate of drug-likeness (QED) is 0.897. The molecule has 98 valence electrons. The number of methoxy groups -OCH3 is 1. The van der Waals surface area contributed by atoms with Crippen molar-refractivity contribution in [2.75, 3.05) is 20.7 Å². The average molecular weight is 246 g/mol. The Labute approximate surface area is 109 Å². The van der Waals surface area contributed by atoms with Crippen LogP contribution >= 0.6 is 0 Å². The minimum atomic E-state index is 0.964. The number of hydrogen-bond acceptors (Lipinski definition) is 2. The van der Waals surface area contributed by atoms with Gasteiger partial charge in [-0.15, -0.1) is 0 Å². The van der Waals surface area contributed by atoms with Crippen LogP contribution in [0.3, 0.4) is 0 Å². The van der Waals surface area contributed by atoms with E-state index in [1.807, 2.05) is 7.05 Å². The average Bonchev–Trinajstić information content (AvgIpc) is 2.59. The minimum Gasteiger partial charge on any atom is -0.495 e. The van der Waals surface area contributed by atoms with E-state index in [1.54, 1.807) is 7.11 Å². The first-order chi connectivity index (χ1) is 8.60. The molecule has 2 aromatic rings. The summed E-state index contributed by atoms with van der Waals surface area (Å²) in [5.41, 5.74) is 5.19. The van der Waals surface area contributed by atoms with Gasteiger partial charge in [-0.3, -0.25) is 0 Å². The normalized spacial score (nSPS) is 11.2. The summed E-state index contributed by atoms with van der Waals surface area (Å²) < 4.78 is 7.79. The van der Waals surface area contributed by atoms with Crippen LogP contribution in [0.4, 0.5) is 0 Å². The van der Waals surface area contributed by atoms with Crippen LogP contribution in [0, 0.1) is 13.8 Å². The van der Waals surface area contributed by atoms with Gasteiger partial charge in [0, 0.05) is 31.1 Å². The molecular weight excluding hydrogens is 224 g/mol. The lowest BCUT2D eigenvalue weighted by molar-refractivity contribution is 0.417. The maximum Gasteiger partial charge on any atom is 0.143 e. The molecule has 0 saturated carbocycles. The van der Waals surface area contributed by atoms with Crippen LogP contribution in [0.2, 0.25) is 0 Å². The Balaban J connectivity index is 2.68. The van der Waals surface area contributed by atoms with E-state index in [0.29, 0.717) is 0 Å². The third-order valence-electron chi connectivity index (χ3n) is 3.63. The third kappa shape index (κ3) is 1.99. The first-order valence-corrected chi connectivity index (χ1v) is 6.37. The predicted molar refractivity (Wildman–Crippen MR) is 76.6 cm³/mol. The molecule has 3 nitrogen and oxygen atoms in total. The Bertz CT molecular complexity index is 570. The van der Waals surface area contributed by atoms with Crippen molar-refractivity contribution in [2.45, 2.75) is 20.3 Å². The van der Waals surface area contributed by atoms with E-state index in [2.05, 4.69) is 42.9 Å². The van der Waals surface area contributed by atoms with Crippen molar-refractivity contribution in [3.8, 4) is 5.75 Å². The number of likely N-dealkylation sites (N-methyl/N-ethyl adjacent to an activating group) is 1. The van der Waals surface area contributed by atoms with Gasteiger partial charge in [0.05, 0.1) is 12.6 Å². The molecule has 0 bridgehead atoms. The maximum absolute atomic E-state index is 5.53. The highest BCUT2D eigenvalue weighted by molar-refractivity contribution is 5.91. The number of ether oxygens (including phenoxy) is 1. The maximum atomic E-state index is 5.53. The largest absolute Gasteiger partial charge is 0.495 e. The van der Waals surface area contributed by atoms with E-state index in [1.165, 1.54) is 27.7 Å². The molecule has 0 saturated heterocycles. The zero-order valence-corrected chi connectivity index (χ0v) is 11.9. The molecule has 1 aromatic carbocycles. The fraction of sp³-hybridized carbons (Fsp3) is 0.467. The smallest absolute Gasteiger partial charge is 0.143 e. The molecule has 2 rings (SSSR count). The molecule has 0 aliphatic carbocycles. The molecule has 0 unspecified atom stereocenters. The van der Waals surface area contributed by atoms with Gasteiger partial charge in [0.2, 0.25) is 0 Å². The zero-order chi connectivity index (χ0) is 13.3. The van der Waals surface area contributed by atoms with Gasteiger partial charge in [-0.1, -0.05) is 0 Å². The molecule has 0 radical (unpaired) electrons. The fourth-order valence-corrected chi connectivity index (χ4v) is 2.67. The lowest BCUT2D eigenvalue weighted by Crippen LogP contribution is -2.13. The van der Waals surface area contributed by atoms with Gasteiger partial charge in [0.25, 0.3) is 0 Å². The van der Waals surface area contributed by atoms with Gasteiger partial charge in [0.1, 0.15) is 5.75 Å². The Morgan fingerprint density at radius 2 is 2.00 bits per heavy atom. The number of hydrogen-bond donors (Lipinski definition) is 1. The molecule has 0 spiro atoms. The lowest BCUT2D eigenvalue weighted by atomic mass is 10.1. The predicted octanol–water partition coefficient (Wildman–Crippen LogP) is 2.57. The summed E-state index contributed by atoms with van der Waals surface area (Å²) in [6, 6.07) is 4.35. The van der Waals surface area contributed by atoms with Crippen LogP contribution in [0.25, 0.3) is 10.9 Å². The molecular formula is C15H22N2O. The fourth-order valence-electron chi connectivity index (χ4n) is 2.67. The van der Waals surface area contributed by atoms with Crippen LogP contribution in [0.1, 0.15) is 16.8 Å². The van der Waals surface area contributed by atoms with E-state index in [0.717, 1.165) is 18.7 Å². The van der Waals surface area contributed by atoms with Crippen LogP contribution < -0.4 is 10.1 Å². The van der Waals surface area contributed by atoms with Gasteiger partial charge in [-0.2, -0.15) is 0 Å². The topological polar surface area (TPSA) is 26.2 Å². The summed E-state index contributed by atoms with van der Waals surface area (Å²) in [6.07, 6.45) is 1.04. The van der Waals surface area contributed by atoms with Gasteiger partial charge < -0.3 is 14.6 Å². The summed E-state index contributed by atoms with van der Waals surface area (Å²) in [5.74, 6) is 0.964. The molecule has 1 N–H and O–H groups in total. The van der Waals surface area contributed by atoms with E-state index in [-0.39, 0.29) is 0 Å². The monoisotopic (exact) mass is 246 g/mol. The number of aromatic nitrogens is 1. The number of nitrogens with zero attached hydrogens (tertiary/aromatic N) is 1. The van der Waals surface area contributed by atoms with Gasteiger partial charge in [-0.25, -0.2) is 0 Å². The van der Waals surface area contributed by atoms with E-state index < -0.39 is 0 Å². The number of benzene rings is 1. The highest BCUT2D eigenvalue weighted by Gasteiger charge is 2.15. The summed E-state index contributed by atoms with van der Waals surface area (Å²) >= 11 is 0. The Hall–Kier alpha value is -1.48. The second kappa shape index (κ2) is 5.02. The molecule has 1 aromatic heterocycles. The van der Waals surface area contributed by atoms with Crippen molar-refractivity contribution in [1.82, 2.24) is 9.88 Å².